The molecule has 7 rings (SSSR count). The number of carbonyl (C=O) groups is 3. The molecule has 0 radical (unpaired) electrons. The number of β-amino-alcohol motifs (C(OH)–C–C–N with tert-alkyl or cyclic N) is 1. The molecule has 0 aliphatic carbocycles. The molecular formula is C54H69F3N6O6S. The second kappa shape index (κ2) is 22.9. The number of amides is 3. The van der Waals surface area contributed by atoms with Crippen LogP contribution in [0.3, 0.4) is 0 Å². The molecule has 378 valence electrons. The van der Waals surface area contributed by atoms with Gasteiger partial charge in [0.05, 0.1) is 34.8 Å². The molecule has 1 fully saturated rings. The Morgan fingerprint density at radius 2 is 1.66 bits per heavy atom. The lowest BCUT2D eigenvalue weighted by Gasteiger charge is -2.43. The minimum atomic E-state index is -1.60. The van der Waals surface area contributed by atoms with Crippen LogP contribution in [0, 0.1) is 24.0 Å². The van der Waals surface area contributed by atoms with Gasteiger partial charge in [-0.05, 0) is 75.1 Å². The van der Waals surface area contributed by atoms with E-state index in [1.54, 1.807) is 11.3 Å². The van der Waals surface area contributed by atoms with Crippen LogP contribution in [0.2, 0.25) is 0 Å². The van der Waals surface area contributed by atoms with Gasteiger partial charge < -0.3 is 35.1 Å². The Morgan fingerprint density at radius 3 is 2.34 bits per heavy atom. The van der Waals surface area contributed by atoms with Crippen LogP contribution in [0.25, 0.3) is 21.3 Å². The number of nitrogens with one attached hydrogen (secondary N) is 3. The van der Waals surface area contributed by atoms with Crippen molar-refractivity contribution in [3.63, 3.8) is 0 Å². The molecule has 70 heavy (non-hydrogen) atoms. The van der Waals surface area contributed by atoms with E-state index in [2.05, 4.69) is 20.6 Å². The number of nitrogens with zero attached hydrogens (tertiary/aromatic N) is 3. The van der Waals surface area contributed by atoms with E-state index in [4.69, 9.17) is 9.47 Å². The lowest BCUT2D eigenvalue weighted by atomic mass is 9.85. The summed E-state index contributed by atoms with van der Waals surface area (Å²) >= 11 is 1.57. The number of thiazole rings is 1. The van der Waals surface area contributed by atoms with Crippen LogP contribution in [0.4, 0.5) is 13.2 Å². The summed E-state index contributed by atoms with van der Waals surface area (Å²) in [6.07, 6.45) is 4.06. The van der Waals surface area contributed by atoms with E-state index in [1.807, 2.05) is 93.6 Å². The van der Waals surface area contributed by atoms with E-state index in [9.17, 15) is 19.5 Å². The number of benzene rings is 3. The zero-order chi connectivity index (χ0) is 50.3. The first-order valence-corrected chi connectivity index (χ1v) is 25.5. The standard InChI is InChI=1S/C54H69F3N6O6S/c1-33-25-40-39-15-12-13-16-43(39)60-47(40)48(63(33)31-54(6,7)57)46-41(55)27-38(28-42(46)56)69-24-23-68-22-14-10-8-9-11-17-45(65)61-50(53(3,4)5)52(67)62-30-37(64)26-44(62)51(66)58-29-35-18-20-36(21-19-35)49-34(2)59-32-70-49/h12-13,15-16,18-21,27-28,32-33,37,44,48,50,60,64H,8-11,14,17,22-26,29-31H2,1-7H3,(H,58,66)(H,61,65)/t33-,37-,44+,48-,50?/m1/s1. The van der Waals surface area contributed by atoms with Crippen molar-refractivity contribution in [1.82, 2.24) is 30.4 Å². The Labute approximate surface area is 413 Å². The van der Waals surface area contributed by atoms with Crippen molar-refractivity contribution in [1.29, 1.82) is 0 Å². The van der Waals surface area contributed by atoms with Crippen molar-refractivity contribution in [2.45, 2.75) is 142 Å². The number of alkyl halides is 1. The van der Waals surface area contributed by atoms with Crippen LogP contribution < -0.4 is 15.4 Å². The monoisotopic (exact) mass is 986 g/mol. The van der Waals surface area contributed by atoms with E-state index in [-0.39, 0.29) is 74.9 Å². The number of carbonyl (C=O) groups excluding carboxylic acids is 3. The molecule has 2 aromatic heterocycles. The minimum absolute atomic E-state index is 0.00306. The Morgan fingerprint density at radius 1 is 0.957 bits per heavy atom. The number of aryl methyl sites for hydroxylation is 1. The van der Waals surface area contributed by atoms with Gasteiger partial charge in [-0.2, -0.15) is 0 Å². The predicted molar refractivity (Wildman–Crippen MR) is 267 cm³/mol. The second-order valence-electron chi connectivity index (χ2n) is 20.6. The maximum Gasteiger partial charge on any atom is 0.246 e. The molecular weight excluding hydrogens is 918 g/mol. The lowest BCUT2D eigenvalue weighted by molar-refractivity contribution is -0.144. The van der Waals surface area contributed by atoms with Gasteiger partial charge in [0.15, 0.2) is 0 Å². The van der Waals surface area contributed by atoms with Gasteiger partial charge in [-0.3, -0.25) is 19.3 Å². The number of fused-ring (bicyclic) bond motifs is 3. The number of aromatic amines is 1. The number of aliphatic hydroxyl groups is 1. The van der Waals surface area contributed by atoms with E-state index in [0.29, 0.717) is 25.1 Å². The lowest BCUT2D eigenvalue weighted by Crippen LogP contribution is -2.57. The third-order valence-corrected chi connectivity index (χ3v) is 14.3. The van der Waals surface area contributed by atoms with Crippen LogP contribution in [0.1, 0.15) is 121 Å². The van der Waals surface area contributed by atoms with Crippen molar-refractivity contribution in [3.8, 4) is 16.2 Å². The van der Waals surface area contributed by atoms with Crippen molar-refractivity contribution in [2.24, 2.45) is 5.41 Å². The summed E-state index contributed by atoms with van der Waals surface area (Å²) in [5.41, 5.74) is 4.84. The number of aromatic nitrogens is 2. The molecule has 3 aromatic carbocycles. The Bertz CT molecular complexity index is 2570. The molecule has 3 amide bonds. The smallest absolute Gasteiger partial charge is 0.246 e. The fourth-order valence-corrected chi connectivity index (χ4v) is 10.6. The average molecular weight is 987 g/mol. The normalized spacial score (nSPS) is 19.0. The van der Waals surface area contributed by atoms with E-state index in [1.165, 1.54) is 30.9 Å². The van der Waals surface area contributed by atoms with Crippen molar-refractivity contribution < 1.29 is 42.1 Å². The van der Waals surface area contributed by atoms with Gasteiger partial charge in [-0.25, -0.2) is 18.2 Å². The summed E-state index contributed by atoms with van der Waals surface area (Å²) in [7, 11) is 0. The van der Waals surface area contributed by atoms with Crippen molar-refractivity contribution in [2.75, 3.05) is 32.9 Å². The SMILES string of the molecule is Cc1ncsc1-c1ccc(CNC(=O)[C@@H]2C[C@@H](O)CN2C(=O)C(NC(=O)CCCCCCCOCCOc2cc(F)c([C@@H]3c4[nH]c5ccccc5c4C[C@@H](C)N3CC(C)(C)F)c(F)c2)C(C)(C)C)cc1. The van der Waals surface area contributed by atoms with Gasteiger partial charge >= 0.3 is 0 Å². The van der Waals surface area contributed by atoms with E-state index >= 15 is 13.2 Å². The summed E-state index contributed by atoms with van der Waals surface area (Å²) in [4.78, 5) is 52.7. The zero-order valence-electron chi connectivity index (χ0n) is 41.5. The number of H-pyrrole nitrogens is 1. The first-order valence-electron chi connectivity index (χ1n) is 24.6. The maximum atomic E-state index is 16.0. The highest BCUT2D eigenvalue weighted by atomic mass is 32.1. The van der Waals surface area contributed by atoms with Gasteiger partial charge in [0.25, 0.3) is 0 Å². The molecule has 1 unspecified atom stereocenters. The summed E-state index contributed by atoms with van der Waals surface area (Å²) in [5, 5.41) is 17.4. The van der Waals surface area contributed by atoms with Crippen LogP contribution in [-0.4, -0.2) is 105 Å². The molecule has 12 nitrogen and oxygen atoms in total. The Hall–Kier alpha value is -5.29. The molecule has 2 aliphatic rings. The predicted octanol–water partition coefficient (Wildman–Crippen LogP) is 9.51. The molecule has 5 atom stereocenters. The van der Waals surface area contributed by atoms with Gasteiger partial charge in [-0.1, -0.05) is 82.5 Å². The largest absolute Gasteiger partial charge is 0.491 e. The van der Waals surface area contributed by atoms with E-state index < -0.39 is 52.9 Å². The Balaban J connectivity index is 0.808. The minimum Gasteiger partial charge on any atom is -0.491 e. The highest BCUT2D eigenvalue weighted by Crippen LogP contribution is 2.44. The van der Waals surface area contributed by atoms with Crippen molar-refractivity contribution >= 4 is 40.0 Å². The molecule has 4 heterocycles. The van der Waals surface area contributed by atoms with Crippen LogP contribution in [0.15, 0.2) is 66.2 Å². The van der Waals surface area contributed by atoms with E-state index in [0.717, 1.165) is 63.8 Å². The Kier molecular flexibility index (Phi) is 17.1. The molecule has 4 N–H and O–H groups in total. The molecule has 2 aliphatic heterocycles. The quantitative estimate of drug-likeness (QED) is 0.0532. The fourth-order valence-electron chi connectivity index (χ4n) is 9.76. The molecule has 0 spiro atoms. The topological polar surface area (TPSA) is 149 Å². The highest BCUT2D eigenvalue weighted by Gasteiger charge is 2.45. The number of rotatable bonds is 21. The molecule has 1 saturated heterocycles. The molecule has 0 bridgehead atoms. The summed E-state index contributed by atoms with van der Waals surface area (Å²) in [5.74, 6) is -2.50. The molecule has 5 aromatic rings. The summed E-state index contributed by atoms with van der Waals surface area (Å²) in [6.45, 7) is 13.5. The first-order chi connectivity index (χ1) is 33.3. The number of para-hydroxylation sites is 1. The third kappa shape index (κ3) is 13.0. The van der Waals surface area contributed by atoms with Crippen LogP contribution in [-0.2, 0) is 32.1 Å². The second-order valence-corrected chi connectivity index (χ2v) is 21.5. The summed E-state index contributed by atoms with van der Waals surface area (Å²) in [6, 6.07) is 15.2. The van der Waals surface area contributed by atoms with Crippen molar-refractivity contribution in [3.05, 3.63) is 106 Å². The fraction of sp³-hybridized carbons (Fsp3) is 0.519. The number of ether oxygens (including phenoxy) is 2. The van der Waals surface area contributed by atoms with Crippen LogP contribution >= 0.6 is 11.3 Å². The number of hydrogen-bond acceptors (Lipinski definition) is 9. The molecule has 0 saturated carbocycles. The number of halogens is 3. The van der Waals surface area contributed by atoms with Gasteiger partial charge in [0.2, 0.25) is 17.7 Å². The number of aliphatic hydroxyl groups excluding tert-OH is 1. The average Bonchev–Trinajstić information content (AvgIpc) is 4.02. The van der Waals surface area contributed by atoms with Crippen LogP contribution in [0.5, 0.6) is 5.75 Å². The highest BCUT2D eigenvalue weighted by molar-refractivity contribution is 7.13. The molecule has 16 heteroatoms. The van der Waals surface area contributed by atoms with Gasteiger partial charge in [0, 0.05) is 79.4 Å². The van der Waals surface area contributed by atoms with Gasteiger partial charge in [-0.15, -0.1) is 11.3 Å². The zero-order valence-corrected chi connectivity index (χ0v) is 42.3. The number of unbranched alkanes of at least 4 members (excludes halogenated alkanes) is 4. The maximum absolute atomic E-state index is 16.0. The third-order valence-electron chi connectivity index (χ3n) is 13.3. The first kappa shape index (κ1) is 52.5. The number of likely N-dealkylation sites (tertiary alicyclic amines) is 1. The summed E-state index contributed by atoms with van der Waals surface area (Å²) < 4.78 is 58.7. The van der Waals surface area contributed by atoms with Gasteiger partial charge in [0.1, 0.15) is 41.7 Å². The number of hydrogen-bond donors (Lipinski definition) is 4.